The van der Waals surface area contributed by atoms with Gasteiger partial charge in [-0.05, 0) is 97.3 Å². The summed E-state index contributed by atoms with van der Waals surface area (Å²) in [4.78, 5) is 17.8. The molecule has 37 heavy (non-hydrogen) atoms. The first-order valence-electron chi connectivity index (χ1n) is 12.3. The van der Waals surface area contributed by atoms with Gasteiger partial charge in [-0.15, -0.1) is 0 Å². The lowest BCUT2D eigenvalue weighted by Gasteiger charge is -2.12. The molecule has 0 aliphatic rings. The Balaban J connectivity index is 1.55. The molecule has 0 fully saturated rings. The third-order valence-corrected chi connectivity index (χ3v) is 6.92. The van der Waals surface area contributed by atoms with Gasteiger partial charge in [-0.3, -0.25) is 4.57 Å². The SMILES string of the molecule is Cc1ccc(/C=C(/CCCOc2ccc(CNCCCP(=O)(O)O)cc2)c2cc(F)cc(F)c2)cc1C. The molecule has 0 radical (unpaired) electrons. The highest BCUT2D eigenvalue weighted by atomic mass is 31.2. The minimum Gasteiger partial charge on any atom is -0.494 e. The smallest absolute Gasteiger partial charge is 0.325 e. The number of allylic oxidation sites excluding steroid dienone is 1. The maximum atomic E-state index is 13.9. The molecule has 3 aromatic carbocycles. The van der Waals surface area contributed by atoms with Crippen molar-refractivity contribution in [2.24, 2.45) is 0 Å². The monoisotopic (exact) mass is 529 g/mol. The van der Waals surface area contributed by atoms with Crippen molar-refractivity contribution in [1.82, 2.24) is 5.32 Å². The van der Waals surface area contributed by atoms with Gasteiger partial charge in [0.15, 0.2) is 0 Å². The largest absolute Gasteiger partial charge is 0.494 e. The molecule has 3 aromatic rings. The van der Waals surface area contributed by atoms with Gasteiger partial charge in [-0.2, -0.15) is 0 Å². The Bertz CT molecular complexity index is 1240. The number of halogens is 2. The Hall–Kier alpha value is -2.83. The molecule has 0 aliphatic heterocycles. The number of hydrogen-bond donors (Lipinski definition) is 3. The van der Waals surface area contributed by atoms with Crippen molar-refractivity contribution in [3.63, 3.8) is 0 Å². The van der Waals surface area contributed by atoms with E-state index in [1.165, 1.54) is 17.7 Å². The van der Waals surface area contributed by atoms with Gasteiger partial charge in [0.2, 0.25) is 0 Å². The highest BCUT2D eigenvalue weighted by Gasteiger charge is 2.11. The van der Waals surface area contributed by atoms with Crippen molar-refractivity contribution >= 4 is 19.2 Å². The summed E-state index contributed by atoms with van der Waals surface area (Å²) in [5, 5.41) is 3.16. The Kier molecular flexibility index (Phi) is 10.6. The zero-order chi connectivity index (χ0) is 26.8. The fourth-order valence-electron chi connectivity index (χ4n) is 3.89. The van der Waals surface area contributed by atoms with Gasteiger partial charge in [0, 0.05) is 12.6 Å². The van der Waals surface area contributed by atoms with Crippen LogP contribution >= 0.6 is 7.60 Å². The van der Waals surface area contributed by atoms with Crippen LogP contribution in [-0.4, -0.2) is 29.1 Å². The van der Waals surface area contributed by atoms with Crippen molar-refractivity contribution in [1.29, 1.82) is 0 Å². The van der Waals surface area contributed by atoms with E-state index < -0.39 is 19.2 Å². The van der Waals surface area contributed by atoms with Crippen LogP contribution in [0.4, 0.5) is 8.78 Å². The third-order valence-electron chi connectivity index (χ3n) is 6.02. The molecule has 3 rings (SSSR count). The van der Waals surface area contributed by atoms with E-state index >= 15 is 0 Å². The molecule has 0 aliphatic carbocycles. The molecule has 0 heterocycles. The van der Waals surface area contributed by atoms with Crippen molar-refractivity contribution in [2.45, 2.75) is 39.7 Å². The van der Waals surface area contributed by atoms with E-state index in [1.807, 2.05) is 56.3 Å². The van der Waals surface area contributed by atoms with Gasteiger partial charge in [-0.25, -0.2) is 8.78 Å². The van der Waals surface area contributed by atoms with Gasteiger partial charge in [0.05, 0.1) is 12.8 Å². The lowest BCUT2D eigenvalue weighted by Crippen LogP contribution is -2.15. The van der Waals surface area contributed by atoms with E-state index in [2.05, 4.69) is 11.4 Å². The molecule has 0 amide bonds. The average molecular weight is 530 g/mol. The summed E-state index contributed by atoms with van der Waals surface area (Å²) in [6.07, 6.45) is 3.52. The van der Waals surface area contributed by atoms with E-state index in [4.69, 9.17) is 14.5 Å². The second-order valence-electron chi connectivity index (χ2n) is 9.19. The lowest BCUT2D eigenvalue weighted by molar-refractivity contribution is 0.313. The summed E-state index contributed by atoms with van der Waals surface area (Å²) in [7, 11) is -3.94. The van der Waals surface area contributed by atoms with Crippen molar-refractivity contribution in [3.8, 4) is 5.75 Å². The fourth-order valence-corrected chi connectivity index (χ4v) is 4.46. The first-order chi connectivity index (χ1) is 17.6. The van der Waals surface area contributed by atoms with Crippen LogP contribution in [0, 0.1) is 25.5 Å². The van der Waals surface area contributed by atoms with Crippen molar-refractivity contribution < 1.29 is 27.9 Å². The molecule has 0 spiro atoms. The van der Waals surface area contributed by atoms with E-state index in [0.717, 1.165) is 34.1 Å². The molecule has 5 nitrogen and oxygen atoms in total. The number of nitrogens with one attached hydrogen (secondary N) is 1. The number of rotatable bonds is 13. The Morgan fingerprint density at radius 3 is 2.30 bits per heavy atom. The second kappa shape index (κ2) is 13.6. The zero-order valence-corrected chi connectivity index (χ0v) is 22.1. The Labute approximate surface area is 217 Å². The van der Waals surface area contributed by atoms with E-state index in [0.29, 0.717) is 44.5 Å². The number of ether oxygens (including phenoxy) is 1. The maximum Gasteiger partial charge on any atom is 0.325 e. The molecule has 0 atom stereocenters. The minimum atomic E-state index is -3.94. The van der Waals surface area contributed by atoms with Gasteiger partial charge in [-0.1, -0.05) is 36.4 Å². The van der Waals surface area contributed by atoms with Crippen LogP contribution in [0.5, 0.6) is 5.75 Å². The predicted molar refractivity (Wildman–Crippen MR) is 145 cm³/mol. The fraction of sp³-hybridized carbons (Fsp3) is 0.310. The van der Waals surface area contributed by atoms with Crippen LogP contribution < -0.4 is 10.1 Å². The molecule has 0 bridgehead atoms. The Morgan fingerprint density at radius 2 is 1.65 bits per heavy atom. The quantitative estimate of drug-likeness (QED) is 0.131. The predicted octanol–water partition coefficient (Wildman–Crippen LogP) is 6.64. The molecule has 8 heteroatoms. The first-order valence-corrected chi connectivity index (χ1v) is 14.1. The number of benzene rings is 3. The van der Waals surface area contributed by atoms with Gasteiger partial charge >= 0.3 is 7.60 Å². The molecule has 3 N–H and O–H groups in total. The van der Waals surface area contributed by atoms with E-state index in [-0.39, 0.29) is 6.16 Å². The van der Waals surface area contributed by atoms with Gasteiger partial charge < -0.3 is 19.8 Å². The summed E-state index contributed by atoms with van der Waals surface area (Å²) in [5.74, 6) is -0.482. The average Bonchev–Trinajstić information content (AvgIpc) is 2.82. The lowest BCUT2D eigenvalue weighted by atomic mass is 9.97. The number of aryl methyl sites for hydroxylation is 2. The van der Waals surface area contributed by atoms with E-state index in [9.17, 15) is 13.3 Å². The summed E-state index contributed by atoms with van der Waals surface area (Å²) < 4.78 is 44.6. The van der Waals surface area contributed by atoms with E-state index in [1.54, 1.807) is 0 Å². The standard InChI is InChI=1S/C29H34F2NO4P/c1-21-6-7-24(15-22(21)2)16-25(26-17-27(30)19-28(31)18-26)5-3-13-36-29-10-8-23(9-11-29)20-32-12-4-14-37(33,34)35/h6-11,15-19,32H,3-5,12-14,20H2,1-2H3,(H2,33,34,35)/b25-16-. The van der Waals surface area contributed by atoms with Gasteiger partial charge in [0.1, 0.15) is 17.4 Å². The summed E-state index contributed by atoms with van der Waals surface area (Å²) >= 11 is 0. The van der Waals surface area contributed by atoms with Crippen LogP contribution in [-0.2, 0) is 11.1 Å². The molecule has 0 saturated carbocycles. The maximum absolute atomic E-state index is 13.9. The second-order valence-corrected chi connectivity index (χ2v) is 11.0. The molecular formula is C29H34F2NO4P. The minimum absolute atomic E-state index is 0.123. The normalized spacial score (nSPS) is 12.1. The van der Waals surface area contributed by atoms with Crippen LogP contribution in [0.25, 0.3) is 11.6 Å². The molecular weight excluding hydrogens is 495 g/mol. The summed E-state index contributed by atoms with van der Waals surface area (Å²) in [5.41, 5.74) is 5.72. The molecule has 0 unspecified atom stereocenters. The molecule has 0 aromatic heterocycles. The summed E-state index contributed by atoms with van der Waals surface area (Å²) in [6, 6.07) is 17.3. The van der Waals surface area contributed by atoms with Crippen LogP contribution in [0.3, 0.4) is 0 Å². The van der Waals surface area contributed by atoms with Crippen molar-refractivity contribution in [3.05, 3.63) is 100 Å². The summed E-state index contributed by atoms with van der Waals surface area (Å²) in [6.45, 7) is 5.65. The highest BCUT2D eigenvalue weighted by Crippen LogP contribution is 2.34. The highest BCUT2D eigenvalue weighted by molar-refractivity contribution is 7.51. The van der Waals surface area contributed by atoms with Crippen molar-refractivity contribution in [2.75, 3.05) is 19.3 Å². The Morgan fingerprint density at radius 1 is 0.946 bits per heavy atom. The van der Waals surface area contributed by atoms with Crippen LogP contribution in [0.15, 0.2) is 60.7 Å². The van der Waals surface area contributed by atoms with Gasteiger partial charge in [0.25, 0.3) is 0 Å². The van der Waals surface area contributed by atoms with Crippen LogP contribution in [0.1, 0.15) is 47.1 Å². The van der Waals surface area contributed by atoms with Crippen LogP contribution in [0.2, 0.25) is 0 Å². The molecule has 0 saturated heterocycles. The molecule has 198 valence electrons. The third kappa shape index (κ3) is 10.2. The first kappa shape index (κ1) is 28.7. The topological polar surface area (TPSA) is 78.8 Å². The number of hydrogen-bond acceptors (Lipinski definition) is 3. The zero-order valence-electron chi connectivity index (χ0n) is 21.2.